The van der Waals surface area contributed by atoms with E-state index in [1.165, 1.54) is 0 Å². The van der Waals surface area contributed by atoms with Crippen LogP contribution in [0.4, 0.5) is 0 Å². The van der Waals surface area contributed by atoms with Gasteiger partial charge in [-0.25, -0.2) is 0 Å². The van der Waals surface area contributed by atoms with Crippen molar-refractivity contribution < 1.29 is 10.2 Å². The summed E-state index contributed by atoms with van der Waals surface area (Å²) in [6, 6.07) is 14.3. The molecule has 0 atom stereocenters. The smallest absolute Gasteiger partial charge is 0.131 e. The van der Waals surface area contributed by atoms with Crippen LogP contribution in [-0.2, 0) is 6.42 Å². The lowest BCUT2D eigenvalue weighted by Gasteiger charge is -2.00. The third kappa shape index (κ3) is 3.05. The number of hydrogen-bond donors (Lipinski definition) is 2. The molecule has 90 valence electrons. The molecular formula is C16H14O2. The summed E-state index contributed by atoms with van der Waals surface area (Å²) in [6.07, 6.45) is 1.35. The molecule has 0 aliphatic carbocycles. The lowest BCUT2D eigenvalue weighted by Crippen LogP contribution is -1.84. The number of phenolic OH excluding ortho intramolecular Hbond substituents is 2. The fourth-order valence-electron chi connectivity index (χ4n) is 1.66. The molecule has 0 heterocycles. The quantitative estimate of drug-likeness (QED) is 0.789. The van der Waals surface area contributed by atoms with Crippen molar-refractivity contribution in [2.45, 2.75) is 12.8 Å². The molecular weight excluding hydrogens is 224 g/mol. The van der Waals surface area contributed by atoms with Gasteiger partial charge in [0.2, 0.25) is 0 Å². The van der Waals surface area contributed by atoms with E-state index in [1.54, 1.807) is 30.3 Å². The molecule has 2 heteroatoms. The van der Waals surface area contributed by atoms with Gasteiger partial charge in [-0.2, -0.15) is 0 Å². The van der Waals surface area contributed by atoms with Crippen molar-refractivity contribution in [2.24, 2.45) is 0 Å². The van der Waals surface area contributed by atoms with E-state index in [2.05, 4.69) is 11.8 Å². The molecule has 2 nitrogen and oxygen atoms in total. The SMILES string of the molecule is Oc1ccccc1C#CCCc1ccccc1O. The van der Waals surface area contributed by atoms with Crippen LogP contribution in [0.2, 0.25) is 0 Å². The minimum atomic E-state index is 0.201. The van der Waals surface area contributed by atoms with Crippen molar-refractivity contribution in [3.8, 4) is 23.3 Å². The maximum absolute atomic E-state index is 9.58. The van der Waals surface area contributed by atoms with Crippen molar-refractivity contribution in [3.05, 3.63) is 59.7 Å². The Balaban J connectivity index is 1.98. The van der Waals surface area contributed by atoms with Gasteiger partial charge >= 0.3 is 0 Å². The minimum Gasteiger partial charge on any atom is -0.508 e. The fraction of sp³-hybridized carbons (Fsp3) is 0.125. The van der Waals surface area contributed by atoms with E-state index < -0.39 is 0 Å². The van der Waals surface area contributed by atoms with Crippen molar-refractivity contribution >= 4 is 0 Å². The van der Waals surface area contributed by atoms with Gasteiger partial charge in [-0.05, 0) is 30.2 Å². The Kier molecular flexibility index (Phi) is 3.88. The Morgan fingerprint density at radius 2 is 1.50 bits per heavy atom. The van der Waals surface area contributed by atoms with Crippen LogP contribution in [0, 0.1) is 11.8 Å². The molecule has 2 aromatic carbocycles. The molecule has 0 aromatic heterocycles. The van der Waals surface area contributed by atoms with Gasteiger partial charge in [0.05, 0.1) is 5.56 Å². The van der Waals surface area contributed by atoms with Crippen molar-refractivity contribution in [1.82, 2.24) is 0 Å². The maximum Gasteiger partial charge on any atom is 0.131 e. The van der Waals surface area contributed by atoms with E-state index in [9.17, 15) is 10.2 Å². The second kappa shape index (κ2) is 5.79. The predicted molar refractivity (Wildman–Crippen MR) is 71.4 cm³/mol. The average Bonchev–Trinajstić information content (AvgIpc) is 2.38. The average molecular weight is 238 g/mol. The molecule has 0 bridgehead atoms. The molecule has 0 aliphatic heterocycles. The summed E-state index contributed by atoms with van der Waals surface area (Å²) in [6.45, 7) is 0. The fourth-order valence-corrected chi connectivity index (χ4v) is 1.66. The van der Waals surface area contributed by atoms with Crippen molar-refractivity contribution in [2.75, 3.05) is 0 Å². The van der Waals surface area contributed by atoms with Crippen LogP contribution < -0.4 is 0 Å². The Labute approximate surface area is 107 Å². The van der Waals surface area contributed by atoms with Gasteiger partial charge in [-0.3, -0.25) is 0 Å². The summed E-state index contributed by atoms with van der Waals surface area (Å²) in [5.41, 5.74) is 1.53. The maximum atomic E-state index is 9.58. The lowest BCUT2D eigenvalue weighted by atomic mass is 10.1. The number of para-hydroxylation sites is 2. The van der Waals surface area contributed by atoms with Crippen LogP contribution in [-0.4, -0.2) is 10.2 Å². The Morgan fingerprint density at radius 1 is 0.833 bits per heavy atom. The van der Waals surface area contributed by atoms with E-state index in [-0.39, 0.29) is 5.75 Å². The van der Waals surface area contributed by atoms with Crippen LogP contribution in [0.25, 0.3) is 0 Å². The summed E-state index contributed by atoms with van der Waals surface area (Å²) in [4.78, 5) is 0. The van der Waals surface area contributed by atoms with E-state index in [1.807, 2.05) is 18.2 Å². The molecule has 0 saturated heterocycles. The van der Waals surface area contributed by atoms with Gasteiger partial charge in [-0.1, -0.05) is 42.2 Å². The highest BCUT2D eigenvalue weighted by Gasteiger charge is 1.97. The summed E-state index contributed by atoms with van der Waals surface area (Å²) in [5.74, 6) is 6.43. The lowest BCUT2D eigenvalue weighted by molar-refractivity contribution is 0.468. The van der Waals surface area contributed by atoms with Crippen molar-refractivity contribution in [1.29, 1.82) is 0 Å². The first-order valence-corrected chi connectivity index (χ1v) is 5.81. The number of benzene rings is 2. The molecule has 18 heavy (non-hydrogen) atoms. The van der Waals surface area contributed by atoms with Gasteiger partial charge in [0.25, 0.3) is 0 Å². The standard InChI is InChI=1S/C16H14O2/c17-15-11-5-3-9-13(15)7-1-2-8-14-10-4-6-12-16(14)18/h3-6,9-12,17-18H,1,7H2. The number of aryl methyl sites for hydroxylation is 1. The number of hydrogen-bond acceptors (Lipinski definition) is 2. The Hall–Kier alpha value is -2.40. The highest BCUT2D eigenvalue weighted by atomic mass is 16.3. The van der Waals surface area contributed by atoms with E-state index in [0.717, 1.165) is 5.56 Å². The molecule has 2 N–H and O–H groups in total. The second-order valence-corrected chi connectivity index (χ2v) is 3.95. The molecule has 2 rings (SSSR count). The molecule has 0 amide bonds. The van der Waals surface area contributed by atoms with Gasteiger partial charge in [0.15, 0.2) is 0 Å². The van der Waals surface area contributed by atoms with Gasteiger partial charge in [-0.15, -0.1) is 0 Å². The molecule has 0 unspecified atom stereocenters. The molecule has 0 radical (unpaired) electrons. The molecule has 2 aromatic rings. The Morgan fingerprint density at radius 3 is 2.22 bits per heavy atom. The zero-order chi connectivity index (χ0) is 12.8. The van der Waals surface area contributed by atoms with Crippen LogP contribution in [0.3, 0.4) is 0 Å². The molecule has 0 spiro atoms. The summed E-state index contributed by atoms with van der Waals surface area (Å²) < 4.78 is 0. The molecule has 0 aliphatic rings. The van der Waals surface area contributed by atoms with Gasteiger partial charge < -0.3 is 10.2 Å². The molecule has 0 fully saturated rings. The predicted octanol–water partition coefficient (Wildman–Crippen LogP) is 3.08. The summed E-state index contributed by atoms with van der Waals surface area (Å²) in [5, 5.41) is 19.1. The summed E-state index contributed by atoms with van der Waals surface area (Å²) in [7, 11) is 0. The highest BCUT2D eigenvalue weighted by Crippen LogP contribution is 2.17. The van der Waals surface area contributed by atoms with Crippen molar-refractivity contribution in [3.63, 3.8) is 0 Å². The summed E-state index contributed by atoms with van der Waals surface area (Å²) >= 11 is 0. The van der Waals surface area contributed by atoms with Gasteiger partial charge in [0, 0.05) is 6.42 Å². The first-order chi connectivity index (χ1) is 8.77. The largest absolute Gasteiger partial charge is 0.508 e. The first kappa shape index (κ1) is 12.1. The van der Waals surface area contributed by atoms with Crippen LogP contribution >= 0.6 is 0 Å². The number of rotatable bonds is 2. The second-order valence-electron chi connectivity index (χ2n) is 3.95. The monoisotopic (exact) mass is 238 g/mol. The number of aromatic hydroxyl groups is 2. The topological polar surface area (TPSA) is 40.5 Å². The third-order valence-electron chi connectivity index (χ3n) is 2.64. The van der Waals surface area contributed by atoms with E-state index >= 15 is 0 Å². The number of phenols is 2. The molecule has 0 saturated carbocycles. The Bertz CT molecular complexity index is 591. The zero-order valence-corrected chi connectivity index (χ0v) is 9.93. The van der Waals surface area contributed by atoms with Crippen LogP contribution in [0.5, 0.6) is 11.5 Å². The third-order valence-corrected chi connectivity index (χ3v) is 2.64. The zero-order valence-electron chi connectivity index (χ0n) is 9.93. The van der Waals surface area contributed by atoms with E-state index in [0.29, 0.717) is 24.2 Å². The highest BCUT2D eigenvalue weighted by molar-refractivity contribution is 5.45. The first-order valence-electron chi connectivity index (χ1n) is 5.81. The van der Waals surface area contributed by atoms with Crippen LogP contribution in [0.1, 0.15) is 17.5 Å². The van der Waals surface area contributed by atoms with Gasteiger partial charge in [0.1, 0.15) is 11.5 Å². The normalized spacial score (nSPS) is 9.56. The van der Waals surface area contributed by atoms with Crippen LogP contribution in [0.15, 0.2) is 48.5 Å². The minimum absolute atomic E-state index is 0.201. The van der Waals surface area contributed by atoms with E-state index in [4.69, 9.17) is 0 Å².